The van der Waals surface area contributed by atoms with Gasteiger partial charge in [0.25, 0.3) is 5.69 Å². The number of nitrogens with zero attached hydrogens (tertiary/aromatic N) is 4. The Morgan fingerprint density at radius 2 is 1.78 bits per heavy atom. The Balaban J connectivity index is 0.000000548. The van der Waals surface area contributed by atoms with E-state index in [1.165, 1.54) is 27.7 Å². The van der Waals surface area contributed by atoms with Crippen LogP contribution in [0.1, 0.15) is 38.1 Å². The van der Waals surface area contributed by atoms with E-state index in [9.17, 15) is 19.7 Å². The summed E-state index contributed by atoms with van der Waals surface area (Å²) in [4.78, 5) is 42.1. The number of aromatic nitrogens is 4. The second-order valence-corrected chi connectivity index (χ2v) is 7.85. The van der Waals surface area contributed by atoms with Crippen molar-refractivity contribution in [3.05, 3.63) is 61.7 Å². The van der Waals surface area contributed by atoms with Crippen LogP contribution in [0.25, 0.3) is 16.7 Å². The lowest BCUT2D eigenvalue weighted by Crippen LogP contribution is -2.39. The molecule has 0 unspecified atom stereocenters. The number of nitro benzene ring substituents is 1. The average Bonchev–Trinajstić information content (AvgIpc) is 3.22. The Labute approximate surface area is 180 Å². The quantitative estimate of drug-likeness (QED) is 0.212. The molecule has 0 atom stereocenters. The highest BCUT2D eigenvalue weighted by molar-refractivity contribution is 7.79. The average molecular weight is 471 g/mol. The number of hydrogen-bond acceptors (Lipinski definition) is 7. The SMILES string of the molecule is O.O=S(=O)(O)O.O=c1[nH]c2cc([N+](=O)[O-])c(-n3ccnc3)cc2n(C2CCCCC2)c1=O. The monoisotopic (exact) mass is 471 g/mol. The van der Waals surface area contributed by atoms with Crippen LogP contribution in [0.4, 0.5) is 5.69 Å². The van der Waals surface area contributed by atoms with Crippen LogP contribution in [-0.2, 0) is 10.4 Å². The maximum atomic E-state index is 12.6. The first-order chi connectivity index (χ1) is 14.6. The molecule has 0 aliphatic heterocycles. The molecule has 15 heteroatoms. The first kappa shape index (κ1) is 24.9. The number of nitrogens with one attached hydrogen (secondary N) is 1. The number of H-pyrrole nitrogens is 1. The topological polar surface area (TPSA) is 222 Å². The van der Waals surface area contributed by atoms with Gasteiger partial charge in [-0.05, 0) is 18.9 Å². The van der Waals surface area contributed by atoms with Gasteiger partial charge in [0, 0.05) is 24.5 Å². The van der Waals surface area contributed by atoms with Gasteiger partial charge in [-0.1, -0.05) is 19.3 Å². The highest BCUT2D eigenvalue weighted by Crippen LogP contribution is 2.32. The van der Waals surface area contributed by atoms with Crippen molar-refractivity contribution in [1.29, 1.82) is 0 Å². The predicted octanol–water partition coefficient (Wildman–Crippen LogP) is 0.811. The molecular formula is C17H21N5O9S. The van der Waals surface area contributed by atoms with Crippen LogP contribution in [0.5, 0.6) is 0 Å². The van der Waals surface area contributed by atoms with Crippen LogP contribution in [0.2, 0.25) is 0 Å². The zero-order valence-electron chi connectivity index (χ0n) is 16.5. The van der Waals surface area contributed by atoms with Crippen molar-refractivity contribution in [2.45, 2.75) is 38.1 Å². The van der Waals surface area contributed by atoms with Gasteiger partial charge in [0.05, 0.1) is 22.3 Å². The second kappa shape index (κ2) is 9.82. The zero-order chi connectivity index (χ0) is 22.8. The molecule has 4 rings (SSSR count). The molecule has 3 aromatic rings. The first-order valence-corrected chi connectivity index (χ1v) is 10.6. The molecule has 2 heterocycles. The number of benzene rings is 1. The summed E-state index contributed by atoms with van der Waals surface area (Å²) in [5.41, 5.74) is -0.454. The number of rotatable bonds is 3. The molecule has 0 amide bonds. The Hall–Kier alpha value is -3.40. The molecule has 0 bridgehead atoms. The molecule has 0 saturated heterocycles. The molecule has 14 nitrogen and oxygen atoms in total. The fourth-order valence-electron chi connectivity index (χ4n) is 3.72. The van der Waals surface area contributed by atoms with Gasteiger partial charge in [-0.2, -0.15) is 8.42 Å². The van der Waals surface area contributed by atoms with Gasteiger partial charge in [0.2, 0.25) is 0 Å². The fraction of sp³-hybridized carbons (Fsp3) is 0.353. The van der Waals surface area contributed by atoms with Crippen molar-refractivity contribution < 1.29 is 27.9 Å². The van der Waals surface area contributed by atoms with E-state index in [0.29, 0.717) is 11.2 Å². The standard InChI is InChI=1S/C17H17N5O4.H2O4S.H2O/c23-16-17(24)21(11-4-2-1-3-5-11)13-9-14(20-7-6-18-10-20)15(22(25)26)8-12(13)19-16;1-5(2,3)4;/h6-11H,1-5H2,(H,19,23);(H2,1,2,3,4);1H2. The predicted molar refractivity (Wildman–Crippen MR) is 113 cm³/mol. The minimum Gasteiger partial charge on any atom is -0.412 e. The molecular weight excluding hydrogens is 450 g/mol. The summed E-state index contributed by atoms with van der Waals surface area (Å²) in [6, 6.07) is 2.82. The normalized spacial score (nSPS) is 14.3. The van der Waals surface area contributed by atoms with Gasteiger partial charge in [0.1, 0.15) is 5.69 Å². The lowest BCUT2D eigenvalue weighted by molar-refractivity contribution is -0.384. The summed E-state index contributed by atoms with van der Waals surface area (Å²) in [6.45, 7) is 0. The summed E-state index contributed by atoms with van der Waals surface area (Å²) in [7, 11) is -4.67. The molecule has 2 aromatic heterocycles. The van der Waals surface area contributed by atoms with Crippen LogP contribution < -0.4 is 11.1 Å². The number of imidazole rings is 1. The Bertz CT molecular complexity index is 1310. The zero-order valence-corrected chi connectivity index (χ0v) is 17.4. The second-order valence-electron chi connectivity index (χ2n) is 6.95. The highest BCUT2D eigenvalue weighted by atomic mass is 32.3. The van der Waals surface area contributed by atoms with Gasteiger partial charge in [-0.15, -0.1) is 0 Å². The van der Waals surface area contributed by atoms with E-state index in [1.807, 2.05) is 0 Å². The number of fused-ring (bicyclic) bond motifs is 1. The molecule has 174 valence electrons. The van der Waals surface area contributed by atoms with Crippen LogP contribution in [0.3, 0.4) is 0 Å². The van der Waals surface area contributed by atoms with Gasteiger partial charge in [-0.25, -0.2) is 4.98 Å². The fourth-order valence-corrected chi connectivity index (χ4v) is 3.72. The Morgan fingerprint density at radius 3 is 2.31 bits per heavy atom. The maximum absolute atomic E-state index is 12.6. The number of aromatic amines is 1. The Kier molecular flexibility index (Phi) is 7.63. The van der Waals surface area contributed by atoms with Gasteiger partial charge in [0.15, 0.2) is 0 Å². The van der Waals surface area contributed by atoms with Gasteiger partial charge < -0.3 is 15.0 Å². The summed E-state index contributed by atoms with van der Waals surface area (Å²) in [5.74, 6) is 0. The molecule has 5 N–H and O–H groups in total. The summed E-state index contributed by atoms with van der Waals surface area (Å²) < 4.78 is 34.6. The van der Waals surface area contributed by atoms with Crippen LogP contribution in [0.15, 0.2) is 40.4 Å². The van der Waals surface area contributed by atoms with Crippen LogP contribution in [0, 0.1) is 10.1 Å². The highest BCUT2D eigenvalue weighted by Gasteiger charge is 2.24. The van der Waals surface area contributed by atoms with Crippen LogP contribution >= 0.6 is 0 Å². The van der Waals surface area contributed by atoms with E-state index in [0.717, 1.165) is 32.1 Å². The minimum absolute atomic E-state index is 0. The molecule has 1 aliphatic rings. The van der Waals surface area contributed by atoms with E-state index < -0.39 is 26.4 Å². The van der Waals surface area contributed by atoms with Crippen molar-refractivity contribution in [2.75, 3.05) is 0 Å². The van der Waals surface area contributed by atoms with E-state index in [4.69, 9.17) is 17.5 Å². The smallest absolute Gasteiger partial charge is 0.394 e. The maximum Gasteiger partial charge on any atom is 0.394 e. The molecule has 1 saturated carbocycles. The van der Waals surface area contributed by atoms with Crippen molar-refractivity contribution >= 4 is 27.1 Å². The molecule has 1 aromatic carbocycles. The van der Waals surface area contributed by atoms with Crippen molar-refractivity contribution in [3.63, 3.8) is 0 Å². The molecule has 1 aliphatic carbocycles. The summed E-state index contributed by atoms with van der Waals surface area (Å²) in [6.07, 6.45) is 9.31. The molecule has 0 radical (unpaired) electrons. The molecule has 1 fully saturated rings. The number of nitro groups is 1. The largest absolute Gasteiger partial charge is 0.412 e. The third-order valence-corrected chi connectivity index (χ3v) is 4.93. The lowest BCUT2D eigenvalue weighted by atomic mass is 9.95. The minimum atomic E-state index is -4.67. The van der Waals surface area contributed by atoms with E-state index in [2.05, 4.69) is 9.97 Å². The molecule has 32 heavy (non-hydrogen) atoms. The van der Waals surface area contributed by atoms with Crippen molar-refractivity contribution in [2.24, 2.45) is 0 Å². The third kappa shape index (κ3) is 5.64. The Morgan fingerprint density at radius 1 is 1.16 bits per heavy atom. The van der Waals surface area contributed by atoms with Gasteiger partial charge in [-0.3, -0.25) is 33.4 Å². The summed E-state index contributed by atoms with van der Waals surface area (Å²) >= 11 is 0. The van der Waals surface area contributed by atoms with E-state index in [1.54, 1.807) is 12.3 Å². The third-order valence-electron chi connectivity index (χ3n) is 4.93. The van der Waals surface area contributed by atoms with E-state index in [-0.39, 0.29) is 22.7 Å². The van der Waals surface area contributed by atoms with Crippen molar-refractivity contribution in [1.82, 2.24) is 19.1 Å². The van der Waals surface area contributed by atoms with Crippen molar-refractivity contribution in [3.8, 4) is 5.69 Å². The summed E-state index contributed by atoms with van der Waals surface area (Å²) in [5, 5.41) is 11.5. The number of hydrogen-bond donors (Lipinski definition) is 3. The first-order valence-electron chi connectivity index (χ1n) is 9.21. The lowest BCUT2D eigenvalue weighted by Gasteiger charge is -2.25. The van der Waals surface area contributed by atoms with Gasteiger partial charge >= 0.3 is 21.5 Å². The molecule has 0 spiro atoms. The van der Waals surface area contributed by atoms with E-state index >= 15 is 0 Å². The van der Waals surface area contributed by atoms with Crippen LogP contribution in [-0.4, -0.2) is 47.0 Å².